The Hall–Kier alpha value is -2.51. The van der Waals surface area contributed by atoms with Gasteiger partial charge in [0.1, 0.15) is 5.69 Å². The molecule has 25 heavy (non-hydrogen) atoms. The van der Waals surface area contributed by atoms with E-state index < -0.39 is 27.6 Å². The number of anilines is 1. The zero-order valence-electron chi connectivity index (χ0n) is 12.6. The summed E-state index contributed by atoms with van der Waals surface area (Å²) in [5.74, 6) is -0.745. The fourth-order valence-electron chi connectivity index (χ4n) is 1.75. The number of aromatic nitrogens is 2. The highest BCUT2D eigenvalue weighted by Gasteiger charge is 2.31. The van der Waals surface area contributed by atoms with Crippen molar-refractivity contribution < 1.29 is 31.4 Å². The van der Waals surface area contributed by atoms with Crippen LogP contribution in [-0.4, -0.2) is 36.0 Å². The predicted octanol–water partition coefficient (Wildman–Crippen LogP) is 1.36. The third kappa shape index (κ3) is 4.74. The smallest absolute Gasteiger partial charge is 0.282 e. The molecule has 0 bridgehead atoms. The van der Waals surface area contributed by atoms with Crippen LogP contribution in [0.25, 0.3) is 0 Å². The molecule has 2 rings (SSSR count). The van der Waals surface area contributed by atoms with Crippen molar-refractivity contribution in [2.24, 2.45) is 0 Å². The van der Waals surface area contributed by atoms with Gasteiger partial charge < -0.3 is 0 Å². The van der Waals surface area contributed by atoms with Crippen molar-refractivity contribution in [1.82, 2.24) is 15.0 Å². The molecular weight excluding hydrogens is 367 g/mol. The van der Waals surface area contributed by atoms with Gasteiger partial charge in [0.25, 0.3) is 0 Å². The molecule has 1 aromatic heterocycles. The zero-order chi connectivity index (χ0) is 18.8. The van der Waals surface area contributed by atoms with Crippen LogP contribution in [0.1, 0.15) is 17.0 Å². The van der Waals surface area contributed by atoms with E-state index in [1.165, 1.54) is 0 Å². The molecule has 9 nitrogen and oxygen atoms in total. The molecule has 0 unspecified atom stereocenters. The molecule has 136 valence electrons. The van der Waals surface area contributed by atoms with Gasteiger partial charge in [0.2, 0.25) is 10.0 Å². The van der Waals surface area contributed by atoms with E-state index in [1.807, 2.05) is 0 Å². The lowest BCUT2D eigenvalue weighted by Gasteiger charge is -2.17. The van der Waals surface area contributed by atoms with Gasteiger partial charge in [-0.3, -0.25) is 10.6 Å². The third-order valence-electron chi connectivity index (χ3n) is 2.91. The number of benzene rings is 1. The van der Waals surface area contributed by atoms with Crippen molar-refractivity contribution in [3.05, 3.63) is 41.2 Å². The second-order valence-electron chi connectivity index (χ2n) is 4.86. The van der Waals surface area contributed by atoms with E-state index in [2.05, 4.69) is 19.7 Å². The minimum absolute atomic E-state index is 0.124. The topological polar surface area (TPSA) is 132 Å². The standard InChI is InChI=1S/C12H12F3N5O4S/c1-25(22,23)17-6-9-10(19-24-18-9)11(16)20(21)8-4-2-3-7(5-8)12(13,14)15/h2-5,16-17,21H,6H2,1H3. The van der Waals surface area contributed by atoms with Crippen molar-refractivity contribution in [2.45, 2.75) is 12.7 Å². The molecule has 13 heteroatoms. The molecule has 0 fully saturated rings. The molecule has 0 radical (unpaired) electrons. The second kappa shape index (κ2) is 6.78. The van der Waals surface area contributed by atoms with E-state index in [-0.39, 0.29) is 28.7 Å². The van der Waals surface area contributed by atoms with Gasteiger partial charge in [-0.15, -0.1) is 0 Å². The summed E-state index contributed by atoms with van der Waals surface area (Å²) < 4.78 is 66.8. The van der Waals surface area contributed by atoms with Crippen LogP contribution >= 0.6 is 0 Å². The Morgan fingerprint density at radius 2 is 2.08 bits per heavy atom. The summed E-state index contributed by atoms with van der Waals surface area (Å²) in [7, 11) is -3.57. The van der Waals surface area contributed by atoms with Crippen LogP contribution < -0.4 is 9.79 Å². The van der Waals surface area contributed by atoms with Gasteiger partial charge in [0.15, 0.2) is 11.5 Å². The molecule has 0 saturated carbocycles. The summed E-state index contributed by atoms with van der Waals surface area (Å²) in [4.78, 5) is 0. The first-order valence-electron chi connectivity index (χ1n) is 6.50. The molecule has 0 amide bonds. The molecular formula is C12H12F3N5O4S. The molecule has 0 saturated heterocycles. The van der Waals surface area contributed by atoms with Crippen molar-refractivity contribution in [1.29, 1.82) is 5.41 Å². The second-order valence-corrected chi connectivity index (χ2v) is 6.69. The first kappa shape index (κ1) is 18.8. The minimum atomic E-state index is -4.63. The van der Waals surface area contributed by atoms with Crippen molar-refractivity contribution in [3.8, 4) is 0 Å². The van der Waals surface area contributed by atoms with Gasteiger partial charge in [-0.05, 0) is 23.4 Å². The Labute approximate surface area is 139 Å². The molecule has 0 aliphatic rings. The predicted molar refractivity (Wildman–Crippen MR) is 78.5 cm³/mol. The summed E-state index contributed by atoms with van der Waals surface area (Å²) in [6.45, 7) is -0.378. The number of amidine groups is 1. The fraction of sp³-hybridized carbons (Fsp3) is 0.250. The van der Waals surface area contributed by atoms with E-state index in [1.54, 1.807) is 0 Å². The lowest BCUT2D eigenvalue weighted by Crippen LogP contribution is -2.30. The van der Waals surface area contributed by atoms with E-state index >= 15 is 0 Å². The SMILES string of the molecule is CS(=O)(=O)NCc1nonc1C(=N)N(O)c1cccc(C(F)(F)F)c1. The third-order valence-corrected chi connectivity index (χ3v) is 3.58. The van der Waals surface area contributed by atoms with Gasteiger partial charge in [-0.2, -0.15) is 13.2 Å². The van der Waals surface area contributed by atoms with E-state index in [9.17, 15) is 26.8 Å². The lowest BCUT2D eigenvalue weighted by molar-refractivity contribution is -0.137. The Kier molecular flexibility index (Phi) is 5.10. The molecule has 1 aromatic carbocycles. The van der Waals surface area contributed by atoms with Crippen LogP contribution in [0, 0.1) is 5.41 Å². The van der Waals surface area contributed by atoms with Crippen LogP contribution in [0.15, 0.2) is 28.9 Å². The quantitative estimate of drug-likeness (QED) is 0.406. The van der Waals surface area contributed by atoms with Gasteiger partial charge in [-0.25, -0.2) is 22.8 Å². The molecule has 0 aliphatic carbocycles. The number of halogens is 3. The van der Waals surface area contributed by atoms with Gasteiger partial charge >= 0.3 is 6.18 Å². The highest BCUT2D eigenvalue weighted by Crippen LogP contribution is 2.31. The summed E-state index contributed by atoms with van der Waals surface area (Å²) in [6, 6.07) is 3.64. The molecule has 1 heterocycles. The molecule has 0 spiro atoms. The Morgan fingerprint density at radius 1 is 1.40 bits per heavy atom. The number of nitrogens with zero attached hydrogens (tertiary/aromatic N) is 3. The maximum absolute atomic E-state index is 12.7. The van der Waals surface area contributed by atoms with Gasteiger partial charge in [0.05, 0.1) is 24.1 Å². The summed E-state index contributed by atoms with van der Waals surface area (Å²) in [5, 5.41) is 24.8. The first-order chi connectivity index (χ1) is 11.5. The van der Waals surface area contributed by atoms with Gasteiger partial charge in [0, 0.05) is 0 Å². The number of hydroxylamine groups is 1. The number of alkyl halides is 3. The van der Waals surface area contributed by atoms with Crippen LogP contribution in [0.4, 0.5) is 18.9 Å². The van der Waals surface area contributed by atoms with Crippen molar-refractivity contribution in [3.63, 3.8) is 0 Å². The lowest BCUT2D eigenvalue weighted by atomic mass is 10.2. The summed E-state index contributed by atoms with van der Waals surface area (Å²) >= 11 is 0. The normalized spacial score (nSPS) is 12.2. The number of hydrogen-bond donors (Lipinski definition) is 3. The fourth-order valence-corrected chi connectivity index (χ4v) is 2.14. The van der Waals surface area contributed by atoms with Crippen LogP contribution in [-0.2, 0) is 22.7 Å². The highest BCUT2D eigenvalue weighted by molar-refractivity contribution is 7.88. The molecule has 0 aliphatic heterocycles. The van der Waals surface area contributed by atoms with Gasteiger partial charge in [-0.1, -0.05) is 11.2 Å². The number of hydrogen-bond acceptors (Lipinski definition) is 7. The highest BCUT2D eigenvalue weighted by atomic mass is 32.2. The average molecular weight is 379 g/mol. The number of nitrogens with one attached hydrogen (secondary N) is 2. The van der Waals surface area contributed by atoms with E-state index in [0.717, 1.165) is 24.5 Å². The maximum atomic E-state index is 12.7. The number of sulfonamides is 1. The maximum Gasteiger partial charge on any atom is 0.416 e. The average Bonchev–Trinajstić information content (AvgIpc) is 2.98. The Balaban J connectivity index is 2.25. The molecule has 2 aromatic rings. The van der Waals surface area contributed by atoms with Crippen LogP contribution in [0.2, 0.25) is 0 Å². The van der Waals surface area contributed by atoms with Crippen LogP contribution in [0.3, 0.4) is 0 Å². The van der Waals surface area contributed by atoms with Crippen molar-refractivity contribution in [2.75, 3.05) is 11.3 Å². The van der Waals surface area contributed by atoms with Crippen molar-refractivity contribution >= 4 is 21.5 Å². The van der Waals surface area contributed by atoms with E-state index in [4.69, 9.17) is 5.41 Å². The molecule has 3 N–H and O–H groups in total. The largest absolute Gasteiger partial charge is 0.416 e. The Morgan fingerprint density at radius 3 is 2.68 bits per heavy atom. The Bertz CT molecular complexity index is 881. The monoisotopic (exact) mass is 379 g/mol. The van der Waals surface area contributed by atoms with E-state index in [0.29, 0.717) is 6.07 Å². The number of rotatable bonds is 5. The zero-order valence-corrected chi connectivity index (χ0v) is 13.4. The van der Waals surface area contributed by atoms with Crippen LogP contribution in [0.5, 0.6) is 0 Å². The molecule has 0 atom stereocenters. The first-order valence-corrected chi connectivity index (χ1v) is 8.39. The summed E-state index contributed by atoms with van der Waals surface area (Å²) in [5.41, 5.74) is -1.82. The summed E-state index contributed by atoms with van der Waals surface area (Å²) in [6.07, 6.45) is -3.73. The minimum Gasteiger partial charge on any atom is -0.282 e.